The molecule has 0 aromatic heterocycles. The number of benzene rings is 1. The van der Waals surface area contributed by atoms with E-state index >= 15 is 0 Å². The van der Waals surface area contributed by atoms with Crippen LogP contribution in [0.5, 0.6) is 5.75 Å². The molecule has 112 valence electrons. The molecule has 0 heterocycles. The monoisotopic (exact) mass is 301 g/mol. The summed E-state index contributed by atoms with van der Waals surface area (Å²) in [6.07, 6.45) is 3.64. The second-order valence-corrected chi connectivity index (χ2v) is 6.41. The fourth-order valence-corrected chi connectivity index (χ4v) is 3.90. The zero-order chi connectivity index (χ0) is 14.4. The van der Waals surface area contributed by atoms with Crippen molar-refractivity contribution in [2.24, 2.45) is 0 Å². The predicted octanol–water partition coefficient (Wildman–Crippen LogP) is 4.05. The lowest BCUT2D eigenvalue weighted by Crippen LogP contribution is -2.33. The van der Waals surface area contributed by atoms with Crippen LogP contribution in [0.4, 0.5) is 8.78 Å². The van der Waals surface area contributed by atoms with Crippen molar-refractivity contribution in [1.29, 1.82) is 0 Å². The normalized spacial score (nSPS) is 22.4. The maximum absolute atomic E-state index is 12.4. The van der Waals surface area contributed by atoms with Crippen LogP contribution in [0.25, 0.3) is 0 Å². The van der Waals surface area contributed by atoms with Crippen molar-refractivity contribution in [1.82, 2.24) is 5.32 Å². The largest absolute Gasteiger partial charge is 0.434 e. The zero-order valence-electron chi connectivity index (χ0n) is 11.6. The molecule has 2 nitrogen and oxygen atoms in total. The highest BCUT2D eigenvalue weighted by Crippen LogP contribution is 2.30. The average molecular weight is 301 g/mol. The minimum absolute atomic E-state index is 0.271. The van der Waals surface area contributed by atoms with Crippen molar-refractivity contribution in [2.75, 3.05) is 5.75 Å². The molecule has 0 amide bonds. The van der Waals surface area contributed by atoms with Crippen LogP contribution in [-0.2, 0) is 6.54 Å². The number of hydrogen-bond acceptors (Lipinski definition) is 3. The first-order valence-electron chi connectivity index (χ1n) is 7.08. The number of rotatable bonds is 7. The Labute approximate surface area is 123 Å². The summed E-state index contributed by atoms with van der Waals surface area (Å²) in [5.74, 6) is 1.39. The smallest absolute Gasteiger partial charge is 0.387 e. The molecule has 0 radical (unpaired) electrons. The van der Waals surface area contributed by atoms with Crippen molar-refractivity contribution in [3.8, 4) is 5.75 Å². The van der Waals surface area contributed by atoms with Gasteiger partial charge in [0.15, 0.2) is 0 Å². The van der Waals surface area contributed by atoms with Gasteiger partial charge in [0, 0.05) is 23.4 Å². The molecule has 1 N–H and O–H groups in total. The number of hydrogen-bond donors (Lipinski definition) is 1. The summed E-state index contributed by atoms with van der Waals surface area (Å²) in [6.45, 7) is -0.0220. The van der Waals surface area contributed by atoms with Gasteiger partial charge in [-0.05, 0) is 24.7 Å². The van der Waals surface area contributed by atoms with Gasteiger partial charge in [-0.3, -0.25) is 0 Å². The van der Waals surface area contributed by atoms with E-state index in [1.54, 1.807) is 12.1 Å². The zero-order valence-corrected chi connectivity index (χ0v) is 12.5. The van der Waals surface area contributed by atoms with Crippen LogP contribution in [-0.4, -0.2) is 23.7 Å². The van der Waals surface area contributed by atoms with E-state index < -0.39 is 6.61 Å². The van der Waals surface area contributed by atoms with Gasteiger partial charge in [-0.2, -0.15) is 20.5 Å². The molecule has 1 aromatic carbocycles. The molecule has 1 saturated carbocycles. The van der Waals surface area contributed by atoms with E-state index in [4.69, 9.17) is 0 Å². The third kappa shape index (κ3) is 4.35. The number of nitrogens with one attached hydrogen (secondary N) is 1. The van der Waals surface area contributed by atoms with Gasteiger partial charge < -0.3 is 10.1 Å². The summed E-state index contributed by atoms with van der Waals surface area (Å²) < 4.78 is 29.3. The van der Waals surface area contributed by atoms with Crippen LogP contribution in [0.15, 0.2) is 24.3 Å². The van der Waals surface area contributed by atoms with Gasteiger partial charge in [-0.25, -0.2) is 0 Å². The minimum atomic E-state index is -2.77. The van der Waals surface area contributed by atoms with E-state index in [1.807, 2.05) is 23.9 Å². The molecular formula is C15H21F2NOS. The molecule has 0 bridgehead atoms. The third-order valence-electron chi connectivity index (χ3n) is 3.58. The molecule has 0 saturated heterocycles. The SMILES string of the molecule is CCSC1CCCC1NCc1ccccc1OC(F)F. The molecular weight excluding hydrogens is 280 g/mol. The van der Waals surface area contributed by atoms with Crippen LogP contribution in [0.3, 0.4) is 0 Å². The van der Waals surface area contributed by atoms with E-state index in [0.717, 1.165) is 17.7 Å². The summed E-state index contributed by atoms with van der Waals surface area (Å²) in [7, 11) is 0. The fourth-order valence-electron chi connectivity index (χ4n) is 2.67. The predicted molar refractivity (Wildman–Crippen MR) is 79.5 cm³/mol. The van der Waals surface area contributed by atoms with Gasteiger partial charge in [-0.15, -0.1) is 0 Å². The van der Waals surface area contributed by atoms with Crippen molar-refractivity contribution in [2.45, 2.75) is 50.6 Å². The maximum atomic E-state index is 12.4. The number of para-hydroxylation sites is 1. The van der Waals surface area contributed by atoms with Gasteiger partial charge in [0.1, 0.15) is 5.75 Å². The second kappa shape index (κ2) is 7.84. The minimum Gasteiger partial charge on any atom is -0.434 e. The van der Waals surface area contributed by atoms with Crippen LogP contribution < -0.4 is 10.1 Å². The molecule has 2 atom stereocenters. The van der Waals surface area contributed by atoms with Crippen molar-refractivity contribution in [3.63, 3.8) is 0 Å². The quantitative estimate of drug-likeness (QED) is 0.821. The Bertz CT molecular complexity index is 417. The summed E-state index contributed by atoms with van der Waals surface area (Å²) >= 11 is 1.98. The van der Waals surface area contributed by atoms with Crippen molar-refractivity contribution >= 4 is 11.8 Å². The Morgan fingerprint density at radius 2 is 2.15 bits per heavy atom. The maximum Gasteiger partial charge on any atom is 0.387 e. The first kappa shape index (κ1) is 15.6. The molecule has 1 fully saturated rings. The molecule has 5 heteroatoms. The van der Waals surface area contributed by atoms with Crippen LogP contribution >= 0.6 is 11.8 Å². The highest BCUT2D eigenvalue weighted by atomic mass is 32.2. The summed E-state index contributed by atoms with van der Waals surface area (Å²) in [6, 6.07) is 7.46. The first-order valence-corrected chi connectivity index (χ1v) is 8.13. The Hall–Kier alpha value is -0.810. The highest BCUT2D eigenvalue weighted by molar-refractivity contribution is 7.99. The molecule has 0 spiro atoms. The van der Waals surface area contributed by atoms with Gasteiger partial charge in [0.2, 0.25) is 0 Å². The van der Waals surface area contributed by atoms with Gasteiger partial charge >= 0.3 is 6.61 Å². The van der Waals surface area contributed by atoms with Gasteiger partial charge in [0.25, 0.3) is 0 Å². The number of thioether (sulfide) groups is 1. The molecule has 2 unspecified atom stereocenters. The summed E-state index contributed by atoms with van der Waals surface area (Å²) in [4.78, 5) is 0. The van der Waals surface area contributed by atoms with Gasteiger partial charge in [0.05, 0.1) is 0 Å². The molecule has 0 aliphatic heterocycles. The highest BCUT2D eigenvalue weighted by Gasteiger charge is 2.26. The topological polar surface area (TPSA) is 21.3 Å². The standard InChI is InChI=1S/C15H21F2NOS/c1-2-20-14-9-5-7-12(14)18-10-11-6-3-4-8-13(11)19-15(16)17/h3-4,6,8,12,14-15,18H,2,5,7,9-10H2,1H3. The number of halogens is 2. The number of alkyl halides is 2. The molecule has 1 aromatic rings. The Kier molecular flexibility index (Phi) is 6.10. The number of ether oxygens (including phenoxy) is 1. The average Bonchev–Trinajstić information content (AvgIpc) is 2.85. The van der Waals surface area contributed by atoms with Crippen LogP contribution in [0.2, 0.25) is 0 Å². The van der Waals surface area contributed by atoms with Crippen molar-refractivity contribution < 1.29 is 13.5 Å². The van der Waals surface area contributed by atoms with Crippen molar-refractivity contribution in [3.05, 3.63) is 29.8 Å². The Balaban J connectivity index is 1.93. The summed E-state index contributed by atoms with van der Waals surface area (Å²) in [5, 5.41) is 4.14. The van der Waals surface area contributed by atoms with E-state index in [0.29, 0.717) is 17.8 Å². The fraction of sp³-hybridized carbons (Fsp3) is 0.600. The molecule has 1 aliphatic rings. The van der Waals surface area contributed by atoms with E-state index in [-0.39, 0.29) is 5.75 Å². The lowest BCUT2D eigenvalue weighted by Gasteiger charge is -2.21. The van der Waals surface area contributed by atoms with E-state index in [9.17, 15) is 8.78 Å². The Morgan fingerprint density at radius 1 is 1.35 bits per heavy atom. The molecule has 20 heavy (non-hydrogen) atoms. The van der Waals surface area contributed by atoms with Crippen LogP contribution in [0, 0.1) is 0 Å². The molecule has 1 aliphatic carbocycles. The third-order valence-corrected chi connectivity index (χ3v) is 4.90. The second-order valence-electron chi connectivity index (χ2n) is 4.90. The summed E-state index contributed by atoms with van der Waals surface area (Å²) in [5.41, 5.74) is 0.792. The first-order chi connectivity index (χ1) is 9.70. The van der Waals surface area contributed by atoms with Crippen LogP contribution in [0.1, 0.15) is 31.7 Å². The van der Waals surface area contributed by atoms with Gasteiger partial charge in [-0.1, -0.05) is 31.5 Å². The lowest BCUT2D eigenvalue weighted by atomic mass is 10.1. The Morgan fingerprint density at radius 3 is 2.90 bits per heavy atom. The molecule has 2 rings (SSSR count). The van der Waals surface area contributed by atoms with E-state index in [2.05, 4.69) is 17.0 Å². The lowest BCUT2D eigenvalue weighted by molar-refractivity contribution is -0.0505. The van der Waals surface area contributed by atoms with E-state index in [1.165, 1.54) is 12.8 Å².